The van der Waals surface area contributed by atoms with E-state index in [0.29, 0.717) is 5.82 Å². The molecule has 0 amide bonds. The third-order valence-electron chi connectivity index (χ3n) is 1.76. The van der Waals surface area contributed by atoms with Crippen molar-refractivity contribution in [1.82, 2.24) is 9.97 Å². The minimum atomic E-state index is -0.0552. The van der Waals surface area contributed by atoms with Crippen molar-refractivity contribution < 1.29 is 0 Å². The molecule has 0 fully saturated rings. The van der Waals surface area contributed by atoms with Crippen LogP contribution < -0.4 is 11.1 Å². The standard InChI is InChI=1S/C9H16N4/c1-9(2,3)8-12-5-6(11-4)7(10)13-8/h5,11H,1-4H3,(H2,10,12,13). The summed E-state index contributed by atoms with van der Waals surface area (Å²) in [5, 5.41) is 2.92. The maximum Gasteiger partial charge on any atom is 0.150 e. The van der Waals surface area contributed by atoms with Crippen molar-refractivity contribution in [2.75, 3.05) is 18.1 Å². The minimum Gasteiger partial charge on any atom is -0.384 e. The van der Waals surface area contributed by atoms with Gasteiger partial charge in [-0.15, -0.1) is 0 Å². The van der Waals surface area contributed by atoms with Crippen molar-refractivity contribution in [2.45, 2.75) is 26.2 Å². The second-order valence-corrected chi connectivity index (χ2v) is 3.99. The van der Waals surface area contributed by atoms with Crippen molar-refractivity contribution in [3.8, 4) is 0 Å². The molecule has 1 aromatic heterocycles. The molecule has 0 aliphatic carbocycles. The van der Waals surface area contributed by atoms with E-state index in [1.807, 2.05) is 0 Å². The van der Waals surface area contributed by atoms with Crippen LogP contribution in [0.25, 0.3) is 0 Å². The van der Waals surface area contributed by atoms with Crippen LogP contribution in [0.4, 0.5) is 11.5 Å². The van der Waals surface area contributed by atoms with Gasteiger partial charge in [-0.3, -0.25) is 0 Å². The van der Waals surface area contributed by atoms with Crippen molar-refractivity contribution >= 4 is 11.5 Å². The molecule has 0 spiro atoms. The third kappa shape index (κ3) is 2.08. The van der Waals surface area contributed by atoms with Gasteiger partial charge in [0.2, 0.25) is 0 Å². The number of nitrogens with two attached hydrogens (primary N) is 1. The van der Waals surface area contributed by atoms with Gasteiger partial charge < -0.3 is 11.1 Å². The molecule has 13 heavy (non-hydrogen) atoms. The fraction of sp³-hybridized carbons (Fsp3) is 0.556. The van der Waals surface area contributed by atoms with Gasteiger partial charge in [-0.1, -0.05) is 20.8 Å². The van der Waals surface area contributed by atoms with Crippen LogP contribution in [0.1, 0.15) is 26.6 Å². The molecule has 1 aromatic rings. The molecule has 4 heteroatoms. The van der Waals surface area contributed by atoms with Crippen LogP contribution in [0.2, 0.25) is 0 Å². The highest BCUT2D eigenvalue weighted by atomic mass is 15.0. The lowest BCUT2D eigenvalue weighted by molar-refractivity contribution is 0.546. The van der Waals surface area contributed by atoms with Crippen LogP contribution in [0.5, 0.6) is 0 Å². The Morgan fingerprint density at radius 1 is 1.38 bits per heavy atom. The monoisotopic (exact) mass is 180 g/mol. The number of anilines is 2. The van der Waals surface area contributed by atoms with Crippen LogP contribution >= 0.6 is 0 Å². The molecule has 0 radical (unpaired) electrons. The molecule has 1 heterocycles. The Morgan fingerprint density at radius 2 is 2.00 bits per heavy atom. The normalized spacial score (nSPS) is 11.4. The molecule has 72 valence electrons. The largest absolute Gasteiger partial charge is 0.384 e. The van der Waals surface area contributed by atoms with Gasteiger partial charge in [0.15, 0.2) is 5.82 Å². The fourth-order valence-corrected chi connectivity index (χ4v) is 0.949. The summed E-state index contributed by atoms with van der Waals surface area (Å²) in [6.45, 7) is 6.17. The van der Waals surface area contributed by atoms with E-state index < -0.39 is 0 Å². The molecule has 3 N–H and O–H groups in total. The molecule has 4 nitrogen and oxygen atoms in total. The highest BCUT2D eigenvalue weighted by molar-refractivity contribution is 5.59. The molecule has 0 saturated carbocycles. The molecule has 0 atom stereocenters. The summed E-state index contributed by atoms with van der Waals surface area (Å²) in [5.41, 5.74) is 6.43. The lowest BCUT2D eigenvalue weighted by Gasteiger charge is -2.17. The van der Waals surface area contributed by atoms with Gasteiger partial charge in [0.25, 0.3) is 0 Å². The predicted molar refractivity (Wildman–Crippen MR) is 54.7 cm³/mol. The number of aromatic nitrogens is 2. The van der Waals surface area contributed by atoms with Gasteiger partial charge in [-0.05, 0) is 0 Å². The second-order valence-electron chi connectivity index (χ2n) is 3.99. The molecular formula is C9H16N4. The quantitative estimate of drug-likeness (QED) is 0.685. The maximum atomic E-state index is 5.71. The zero-order valence-corrected chi connectivity index (χ0v) is 8.55. The third-order valence-corrected chi connectivity index (χ3v) is 1.76. The highest BCUT2D eigenvalue weighted by Gasteiger charge is 2.17. The van der Waals surface area contributed by atoms with E-state index in [2.05, 4.69) is 36.1 Å². The summed E-state index contributed by atoms with van der Waals surface area (Å²) in [5.74, 6) is 1.27. The summed E-state index contributed by atoms with van der Waals surface area (Å²) < 4.78 is 0. The van der Waals surface area contributed by atoms with Gasteiger partial charge in [-0.2, -0.15) is 0 Å². The highest BCUT2D eigenvalue weighted by Crippen LogP contribution is 2.21. The van der Waals surface area contributed by atoms with Crippen molar-refractivity contribution in [1.29, 1.82) is 0 Å². The van der Waals surface area contributed by atoms with Crippen molar-refractivity contribution in [3.05, 3.63) is 12.0 Å². The first kappa shape index (κ1) is 9.77. The topological polar surface area (TPSA) is 63.8 Å². The average molecular weight is 180 g/mol. The Balaban J connectivity index is 3.10. The van der Waals surface area contributed by atoms with E-state index in [0.717, 1.165) is 11.5 Å². The smallest absolute Gasteiger partial charge is 0.150 e. The zero-order chi connectivity index (χ0) is 10.1. The van der Waals surface area contributed by atoms with Crippen LogP contribution in [0.3, 0.4) is 0 Å². The fourth-order valence-electron chi connectivity index (χ4n) is 0.949. The number of hydrogen-bond acceptors (Lipinski definition) is 4. The number of nitrogen functional groups attached to an aromatic ring is 1. The Hall–Kier alpha value is -1.32. The van der Waals surface area contributed by atoms with E-state index in [1.165, 1.54) is 0 Å². The van der Waals surface area contributed by atoms with Crippen LogP contribution in [-0.4, -0.2) is 17.0 Å². The Bertz CT molecular complexity index is 301. The first-order valence-corrected chi connectivity index (χ1v) is 4.26. The summed E-state index contributed by atoms with van der Waals surface area (Å²) in [6, 6.07) is 0. The second kappa shape index (κ2) is 3.20. The molecule has 0 saturated heterocycles. The summed E-state index contributed by atoms with van der Waals surface area (Å²) >= 11 is 0. The van der Waals surface area contributed by atoms with Gasteiger partial charge in [0.05, 0.1) is 11.9 Å². The minimum absolute atomic E-state index is 0.0552. The summed E-state index contributed by atoms with van der Waals surface area (Å²) in [6.07, 6.45) is 1.71. The first-order valence-electron chi connectivity index (χ1n) is 4.26. The van der Waals surface area contributed by atoms with Gasteiger partial charge in [-0.25, -0.2) is 9.97 Å². The van der Waals surface area contributed by atoms with Gasteiger partial charge >= 0.3 is 0 Å². The van der Waals surface area contributed by atoms with E-state index in [9.17, 15) is 0 Å². The van der Waals surface area contributed by atoms with E-state index in [4.69, 9.17) is 5.73 Å². The lowest BCUT2D eigenvalue weighted by Crippen LogP contribution is -2.17. The molecule has 0 aliphatic heterocycles. The molecule has 0 aromatic carbocycles. The number of hydrogen-bond donors (Lipinski definition) is 2. The summed E-state index contributed by atoms with van der Waals surface area (Å²) in [7, 11) is 1.80. The predicted octanol–water partition coefficient (Wildman–Crippen LogP) is 1.40. The van der Waals surface area contributed by atoms with Crippen LogP contribution in [0.15, 0.2) is 6.20 Å². The number of nitrogens with zero attached hydrogens (tertiary/aromatic N) is 2. The number of rotatable bonds is 1. The summed E-state index contributed by atoms with van der Waals surface area (Å²) in [4.78, 5) is 8.45. The molecule has 0 unspecified atom stereocenters. The Kier molecular flexibility index (Phi) is 2.40. The lowest BCUT2D eigenvalue weighted by atomic mass is 9.96. The van der Waals surface area contributed by atoms with E-state index >= 15 is 0 Å². The van der Waals surface area contributed by atoms with Gasteiger partial charge in [0, 0.05) is 12.5 Å². The Labute approximate surface area is 78.6 Å². The van der Waals surface area contributed by atoms with Gasteiger partial charge in [0.1, 0.15) is 5.82 Å². The molecule has 0 aliphatic rings. The maximum absolute atomic E-state index is 5.71. The molecule has 0 bridgehead atoms. The molecule has 1 rings (SSSR count). The van der Waals surface area contributed by atoms with E-state index in [1.54, 1.807) is 13.2 Å². The van der Waals surface area contributed by atoms with Crippen molar-refractivity contribution in [3.63, 3.8) is 0 Å². The van der Waals surface area contributed by atoms with E-state index in [-0.39, 0.29) is 5.41 Å². The first-order chi connectivity index (χ1) is 5.95. The average Bonchev–Trinajstić information content (AvgIpc) is 2.02. The van der Waals surface area contributed by atoms with Crippen LogP contribution in [0, 0.1) is 0 Å². The molecular weight excluding hydrogens is 164 g/mol. The van der Waals surface area contributed by atoms with Crippen molar-refractivity contribution in [2.24, 2.45) is 0 Å². The zero-order valence-electron chi connectivity index (χ0n) is 8.55. The van der Waals surface area contributed by atoms with Crippen LogP contribution in [-0.2, 0) is 5.41 Å². The SMILES string of the molecule is CNc1cnc(C(C)(C)C)nc1N. The number of nitrogens with one attached hydrogen (secondary N) is 1. The Morgan fingerprint density at radius 3 is 2.38 bits per heavy atom.